The Kier molecular flexibility index (Phi) is 11.1. The molecule has 0 aliphatic rings. The molecular weight excluding hydrogens is 457 g/mol. The number of hydrogen-bond acceptors (Lipinski definition) is 3. The molecule has 1 aromatic heterocycles. The molecule has 0 saturated heterocycles. The van der Waals surface area contributed by atoms with E-state index in [0.717, 1.165) is 11.4 Å². The van der Waals surface area contributed by atoms with Gasteiger partial charge in [0.1, 0.15) is 23.2 Å². The van der Waals surface area contributed by atoms with E-state index in [4.69, 9.17) is 28.9 Å². The van der Waals surface area contributed by atoms with E-state index < -0.39 is 5.82 Å². The maximum absolute atomic E-state index is 13.7. The fraction of sp³-hybridized carbons (Fsp3) is 0.250. The zero-order chi connectivity index (χ0) is 24.4. The van der Waals surface area contributed by atoms with Crippen LogP contribution in [0.1, 0.15) is 38.1 Å². The Bertz CT molecular complexity index is 1050. The van der Waals surface area contributed by atoms with Crippen LogP contribution in [0.3, 0.4) is 0 Å². The molecule has 8 heteroatoms. The first-order valence-electron chi connectivity index (χ1n) is 9.72. The van der Waals surface area contributed by atoms with Gasteiger partial charge in [0.25, 0.3) is 0 Å². The van der Waals surface area contributed by atoms with Crippen LogP contribution in [-0.2, 0) is 9.59 Å². The number of Topliss-reactive ketones (excluding diaryl/α,β-unsaturated/α-hetero) is 2. The molecule has 4 nitrogen and oxygen atoms in total. The number of rotatable bonds is 4. The van der Waals surface area contributed by atoms with Crippen LogP contribution in [0.5, 0.6) is 0 Å². The predicted octanol–water partition coefficient (Wildman–Crippen LogP) is 6.89. The van der Waals surface area contributed by atoms with E-state index in [-0.39, 0.29) is 23.1 Å². The minimum Gasteiger partial charge on any atom is -0.396 e. The largest absolute Gasteiger partial charge is 0.396 e. The zero-order valence-electron chi connectivity index (χ0n) is 18.4. The number of nitrogens with zero attached hydrogens (tertiary/aromatic N) is 1. The number of nitrogens with two attached hydrogens (primary N) is 1. The average Bonchev–Trinajstić information content (AvgIpc) is 3.03. The van der Waals surface area contributed by atoms with Crippen molar-refractivity contribution < 1.29 is 18.4 Å². The van der Waals surface area contributed by atoms with E-state index in [1.54, 1.807) is 18.2 Å². The summed E-state index contributed by atoms with van der Waals surface area (Å²) in [6.45, 7) is 6.87. The van der Waals surface area contributed by atoms with Gasteiger partial charge in [-0.05, 0) is 76.2 Å². The Morgan fingerprint density at radius 3 is 1.62 bits per heavy atom. The number of hydrogen-bond donors (Lipinski definition) is 1. The van der Waals surface area contributed by atoms with E-state index in [9.17, 15) is 18.4 Å². The second-order valence-electron chi connectivity index (χ2n) is 7.12. The molecule has 0 aliphatic carbocycles. The second-order valence-corrected chi connectivity index (χ2v) is 7.99. The van der Waals surface area contributed by atoms with E-state index in [1.165, 1.54) is 32.0 Å². The smallest absolute Gasteiger partial charge is 0.148 e. The summed E-state index contributed by atoms with van der Waals surface area (Å²) in [6, 6.07) is 12.8. The molecule has 3 rings (SSSR count). The minimum atomic E-state index is -0.470. The summed E-state index contributed by atoms with van der Waals surface area (Å²) in [5.74, 6) is -0.604. The predicted molar refractivity (Wildman–Crippen MR) is 127 cm³/mol. The van der Waals surface area contributed by atoms with Gasteiger partial charge in [0.05, 0.1) is 11.4 Å². The Balaban J connectivity index is 0.000000260. The fourth-order valence-corrected chi connectivity index (χ4v) is 2.88. The van der Waals surface area contributed by atoms with Gasteiger partial charge in [0.2, 0.25) is 0 Å². The Labute approximate surface area is 196 Å². The molecule has 2 N–H and O–H groups in total. The third-order valence-corrected chi connectivity index (χ3v) is 4.68. The van der Waals surface area contributed by atoms with Gasteiger partial charge in [0.15, 0.2) is 0 Å². The number of halogens is 4. The number of ketones is 2. The topological polar surface area (TPSA) is 65.1 Å². The van der Waals surface area contributed by atoms with Crippen LogP contribution < -0.4 is 5.73 Å². The van der Waals surface area contributed by atoms with Gasteiger partial charge in [-0.3, -0.25) is 0 Å². The van der Waals surface area contributed by atoms with Crippen LogP contribution in [0.25, 0.3) is 5.69 Å². The number of aromatic nitrogens is 1. The minimum absolute atomic E-state index is 0.0835. The van der Waals surface area contributed by atoms with Crippen molar-refractivity contribution >= 4 is 40.5 Å². The highest BCUT2D eigenvalue weighted by Crippen LogP contribution is 2.22. The maximum Gasteiger partial charge on any atom is 0.148 e. The van der Waals surface area contributed by atoms with Crippen LogP contribution >= 0.6 is 23.2 Å². The van der Waals surface area contributed by atoms with Gasteiger partial charge in [-0.15, -0.1) is 0 Å². The van der Waals surface area contributed by atoms with Crippen molar-refractivity contribution in [2.24, 2.45) is 0 Å². The molecule has 0 bridgehead atoms. The molecule has 0 spiro atoms. The zero-order valence-corrected chi connectivity index (χ0v) is 19.9. The molecule has 0 atom stereocenters. The molecule has 0 unspecified atom stereocenters. The van der Waals surface area contributed by atoms with Crippen LogP contribution in [0.4, 0.5) is 14.5 Å². The lowest BCUT2D eigenvalue weighted by Gasteiger charge is -2.10. The summed E-state index contributed by atoms with van der Waals surface area (Å²) in [7, 11) is 0. The summed E-state index contributed by atoms with van der Waals surface area (Å²) in [5.41, 5.74) is 7.84. The number of carbonyl (C=O) groups is 2. The Morgan fingerprint density at radius 2 is 1.25 bits per heavy atom. The summed E-state index contributed by atoms with van der Waals surface area (Å²) in [5, 5.41) is 0.778. The van der Waals surface area contributed by atoms with Crippen molar-refractivity contribution in [2.45, 2.75) is 40.5 Å². The van der Waals surface area contributed by atoms with Crippen LogP contribution in [0.2, 0.25) is 10.0 Å². The highest BCUT2D eigenvalue weighted by Gasteiger charge is 2.09. The average molecular weight is 483 g/mol. The van der Waals surface area contributed by atoms with Crippen molar-refractivity contribution in [1.29, 1.82) is 0 Å². The van der Waals surface area contributed by atoms with Crippen molar-refractivity contribution in [2.75, 3.05) is 5.73 Å². The van der Waals surface area contributed by atoms with Crippen LogP contribution in [-0.4, -0.2) is 16.1 Å². The molecule has 0 aliphatic heterocycles. The van der Waals surface area contributed by atoms with Crippen molar-refractivity contribution in [3.05, 3.63) is 81.6 Å². The number of anilines is 1. The Morgan fingerprint density at radius 1 is 0.812 bits per heavy atom. The highest BCUT2D eigenvalue weighted by molar-refractivity contribution is 6.30. The summed E-state index contributed by atoms with van der Waals surface area (Å²) >= 11 is 11.1. The number of carbonyl (C=O) groups excluding carboxylic acids is 2. The molecule has 2 aromatic carbocycles. The van der Waals surface area contributed by atoms with Crippen molar-refractivity contribution in [3.63, 3.8) is 0 Å². The maximum atomic E-state index is 13.7. The molecule has 3 aromatic rings. The molecule has 1 heterocycles. The lowest BCUT2D eigenvalue weighted by atomic mass is 10.2. The van der Waals surface area contributed by atoms with E-state index in [0.29, 0.717) is 28.6 Å². The van der Waals surface area contributed by atoms with Gasteiger partial charge < -0.3 is 19.9 Å². The van der Waals surface area contributed by atoms with E-state index in [1.807, 2.05) is 30.5 Å². The molecule has 32 heavy (non-hydrogen) atoms. The SMILES string of the molecule is CC(=O)CCC(C)=O.Cc1ccc(C)n1-c1ccc(Cl)cc1F.Nc1ccc(Cl)cc1F. The fourth-order valence-electron chi connectivity index (χ4n) is 2.56. The Hall–Kier alpha value is -2.70. The molecule has 172 valence electrons. The molecule has 0 fully saturated rings. The van der Waals surface area contributed by atoms with Gasteiger partial charge in [-0.2, -0.15) is 0 Å². The number of benzene rings is 2. The van der Waals surface area contributed by atoms with Crippen molar-refractivity contribution in [1.82, 2.24) is 4.57 Å². The van der Waals surface area contributed by atoms with Gasteiger partial charge in [0, 0.05) is 34.3 Å². The van der Waals surface area contributed by atoms with Gasteiger partial charge in [-0.25, -0.2) is 8.78 Å². The number of aryl methyl sites for hydroxylation is 2. The standard InChI is InChI=1S/C12H11ClFN.C6H5ClFN.C6H10O2/c1-8-3-4-9(2)15(8)12-6-5-10(13)7-11(12)14;7-4-1-2-6(9)5(8)3-4;1-5(7)3-4-6(2)8/h3-7H,1-2H3;1-3H,9H2;3-4H2,1-2H3. The first kappa shape index (κ1) is 27.3. The first-order valence-corrected chi connectivity index (χ1v) is 10.5. The quantitative estimate of drug-likeness (QED) is 0.411. The lowest BCUT2D eigenvalue weighted by molar-refractivity contribution is -0.122. The third kappa shape index (κ3) is 9.20. The first-order chi connectivity index (χ1) is 14.9. The van der Waals surface area contributed by atoms with Gasteiger partial charge in [-0.1, -0.05) is 23.2 Å². The van der Waals surface area contributed by atoms with E-state index in [2.05, 4.69) is 0 Å². The van der Waals surface area contributed by atoms with Crippen LogP contribution in [0, 0.1) is 25.5 Å². The lowest BCUT2D eigenvalue weighted by Crippen LogP contribution is -2.01. The van der Waals surface area contributed by atoms with Crippen LogP contribution in [0.15, 0.2) is 48.5 Å². The van der Waals surface area contributed by atoms with Gasteiger partial charge >= 0.3 is 0 Å². The summed E-state index contributed by atoms with van der Waals surface area (Å²) in [6.07, 6.45) is 0.796. The molecule has 0 saturated carbocycles. The number of nitrogen functional groups attached to an aromatic ring is 1. The monoisotopic (exact) mass is 482 g/mol. The molecule has 0 amide bonds. The van der Waals surface area contributed by atoms with Crippen molar-refractivity contribution in [3.8, 4) is 5.69 Å². The second kappa shape index (κ2) is 13.0. The third-order valence-electron chi connectivity index (χ3n) is 4.21. The molecule has 0 radical (unpaired) electrons. The normalized spacial score (nSPS) is 9.88. The van der Waals surface area contributed by atoms with E-state index >= 15 is 0 Å². The molecular formula is C24H26Cl2F2N2O2. The highest BCUT2D eigenvalue weighted by atomic mass is 35.5. The summed E-state index contributed by atoms with van der Waals surface area (Å²) < 4.78 is 27.9. The summed E-state index contributed by atoms with van der Waals surface area (Å²) in [4.78, 5) is 20.4.